The number of amides is 1. The second kappa shape index (κ2) is 4.74. The van der Waals surface area contributed by atoms with E-state index in [1.54, 1.807) is 13.0 Å². The Hall–Kier alpha value is -0.390. The summed E-state index contributed by atoms with van der Waals surface area (Å²) in [4.78, 5) is 12.0. The second-order valence-corrected chi connectivity index (χ2v) is 5.13. The van der Waals surface area contributed by atoms with E-state index in [1.165, 1.54) is 11.3 Å². The number of carbonyl (C=O) groups excluding carboxylic acids is 1. The van der Waals surface area contributed by atoms with Gasteiger partial charge in [0.1, 0.15) is 0 Å². The first kappa shape index (κ1) is 10.7. The molecule has 0 aliphatic heterocycles. The van der Waals surface area contributed by atoms with Crippen molar-refractivity contribution in [1.82, 2.24) is 5.32 Å². The SMILES string of the molecule is C[C@@H](O)CNC(=O)c1ccc(Br)s1. The van der Waals surface area contributed by atoms with Gasteiger partial charge in [0.15, 0.2) is 0 Å². The molecule has 72 valence electrons. The zero-order valence-electron chi connectivity index (χ0n) is 7.08. The molecule has 0 aliphatic rings. The average Bonchev–Trinajstić information content (AvgIpc) is 2.47. The van der Waals surface area contributed by atoms with Crippen molar-refractivity contribution in [2.45, 2.75) is 13.0 Å². The molecule has 2 N–H and O–H groups in total. The molecule has 0 saturated heterocycles. The lowest BCUT2D eigenvalue weighted by atomic mass is 10.4. The minimum Gasteiger partial charge on any atom is -0.392 e. The van der Waals surface area contributed by atoms with Crippen LogP contribution in [0.2, 0.25) is 0 Å². The highest BCUT2D eigenvalue weighted by Crippen LogP contribution is 2.21. The van der Waals surface area contributed by atoms with Gasteiger partial charge in [0.05, 0.1) is 14.8 Å². The third-order valence-electron chi connectivity index (χ3n) is 1.36. The van der Waals surface area contributed by atoms with Crippen LogP contribution in [0.15, 0.2) is 15.9 Å². The summed E-state index contributed by atoms with van der Waals surface area (Å²) < 4.78 is 0.926. The van der Waals surface area contributed by atoms with Gasteiger partial charge in [-0.05, 0) is 35.0 Å². The van der Waals surface area contributed by atoms with E-state index < -0.39 is 6.10 Å². The molecule has 1 heterocycles. The Labute approximate surface area is 88.9 Å². The number of thiophene rings is 1. The number of carbonyl (C=O) groups is 1. The van der Waals surface area contributed by atoms with Crippen LogP contribution < -0.4 is 5.32 Å². The summed E-state index contributed by atoms with van der Waals surface area (Å²) >= 11 is 4.64. The molecule has 0 radical (unpaired) electrons. The first-order valence-electron chi connectivity index (χ1n) is 3.81. The van der Waals surface area contributed by atoms with E-state index in [1.807, 2.05) is 6.07 Å². The molecule has 13 heavy (non-hydrogen) atoms. The Morgan fingerprint density at radius 1 is 1.77 bits per heavy atom. The van der Waals surface area contributed by atoms with Crippen molar-refractivity contribution in [3.8, 4) is 0 Å². The van der Waals surface area contributed by atoms with Crippen molar-refractivity contribution in [1.29, 1.82) is 0 Å². The molecule has 1 atom stereocenters. The number of rotatable bonds is 3. The molecule has 1 amide bonds. The van der Waals surface area contributed by atoms with Crippen LogP contribution in [0.5, 0.6) is 0 Å². The Bertz CT molecular complexity index is 298. The average molecular weight is 264 g/mol. The molecule has 0 saturated carbocycles. The normalized spacial score (nSPS) is 12.5. The monoisotopic (exact) mass is 263 g/mol. The number of aliphatic hydroxyl groups excluding tert-OH is 1. The number of hydrogen-bond acceptors (Lipinski definition) is 3. The molecule has 5 heteroatoms. The van der Waals surface area contributed by atoms with Gasteiger partial charge in [-0.25, -0.2) is 0 Å². The zero-order chi connectivity index (χ0) is 9.84. The van der Waals surface area contributed by atoms with Gasteiger partial charge < -0.3 is 10.4 Å². The first-order chi connectivity index (χ1) is 6.09. The van der Waals surface area contributed by atoms with Crippen LogP contribution in [0.4, 0.5) is 0 Å². The van der Waals surface area contributed by atoms with E-state index in [9.17, 15) is 4.79 Å². The molecule has 1 rings (SSSR count). The van der Waals surface area contributed by atoms with Gasteiger partial charge in [-0.3, -0.25) is 4.79 Å². The highest BCUT2D eigenvalue weighted by atomic mass is 79.9. The van der Waals surface area contributed by atoms with Gasteiger partial charge in [-0.2, -0.15) is 0 Å². The molecule has 0 aromatic carbocycles. The number of hydrogen-bond donors (Lipinski definition) is 2. The van der Waals surface area contributed by atoms with Gasteiger partial charge >= 0.3 is 0 Å². The third-order valence-corrected chi connectivity index (χ3v) is 2.98. The van der Waals surface area contributed by atoms with Crippen molar-refractivity contribution in [3.63, 3.8) is 0 Å². The van der Waals surface area contributed by atoms with Crippen molar-refractivity contribution in [2.75, 3.05) is 6.54 Å². The van der Waals surface area contributed by atoms with E-state index in [0.717, 1.165) is 3.79 Å². The van der Waals surface area contributed by atoms with Crippen LogP contribution >= 0.6 is 27.3 Å². The van der Waals surface area contributed by atoms with Crippen LogP contribution in [0.3, 0.4) is 0 Å². The van der Waals surface area contributed by atoms with Crippen LogP contribution in [0, 0.1) is 0 Å². The lowest BCUT2D eigenvalue weighted by Crippen LogP contribution is -2.29. The van der Waals surface area contributed by atoms with Crippen molar-refractivity contribution in [3.05, 3.63) is 20.8 Å². The Balaban J connectivity index is 2.49. The Morgan fingerprint density at radius 2 is 2.46 bits per heavy atom. The minimum absolute atomic E-state index is 0.142. The zero-order valence-corrected chi connectivity index (χ0v) is 9.48. The van der Waals surface area contributed by atoms with Gasteiger partial charge in [-0.15, -0.1) is 11.3 Å². The quantitative estimate of drug-likeness (QED) is 0.871. The predicted octanol–water partition coefficient (Wildman–Crippen LogP) is 1.62. The van der Waals surface area contributed by atoms with Crippen molar-refractivity contribution >= 4 is 33.2 Å². The fraction of sp³-hybridized carbons (Fsp3) is 0.375. The van der Waals surface area contributed by atoms with Gasteiger partial charge in [-0.1, -0.05) is 0 Å². The highest BCUT2D eigenvalue weighted by molar-refractivity contribution is 9.11. The number of aliphatic hydroxyl groups is 1. The Morgan fingerprint density at radius 3 is 2.92 bits per heavy atom. The van der Waals surface area contributed by atoms with Crippen LogP contribution in [-0.2, 0) is 0 Å². The molecule has 3 nitrogen and oxygen atoms in total. The summed E-state index contributed by atoms with van der Waals surface area (Å²) in [6, 6.07) is 3.56. The molecule has 0 aliphatic carbocycles. The number of halogens is 1. The molecule has 0 bridgehead atoms. The van der Waals surface area contributed by atoms with Gasteiger partial charge in [0.25, 0.3) is 5.91 Å². The maximum Gasteiger partial charge on any atom is 0.261 e. The standard InChI is InChI=1S/C8H10BrNO2S/c1-5(11)4-10-8(12)6-2-3-7(9)13-6/h2-3,5,11H,4H2,1H3,(H,10,12)/t5-/m1/s1. The lowest BCUT2D eigenvalue weighted by molar-refractivity contribution is 0.0928. The molecular formula is C8H10BrNO2S. The van der Waals surface area contributed by atoms with Crippen LogP contribution in [-0.4, -0.2) is 23.7 Å². The molecule has 1 aromatic rings. The summed E-state index contributed by atoms with van der Waals surface area (Å²) in [5.41, 5.74) is 0. The largest absolute Gasteiger partial charge is 0.392 e. The summed E-state index contributed by atoms with van der Waals surface area (Å²) in [6.45, 7) is 1.92. The van der Waals surface area contributed by atoms with Gasteiger partial charge in [0.2, 0.25) is 0 Å². The lowest BCUT2D eigenvalue weighted by Gasteiger charge is -2.04. The minimum atomic E-state index is -0.507. The summed E-state index contributed by atoms with van der Waals surface area (Å²) in [6.07, 6.45) is -0.507. The van der Waals surface area contributed by atoms with Crippen LogP contribution in [0.1, 0.15) is 16.6 Å². The maximum absolute atomic E-state index is 11.3. The third kappa shape index (κ3) is 3.46. The van der Waals surface area contributed by atoms with E-state index in [2.05, 4.69) is 21.2 Å². The maximum atomic E-state index is 11.3. The van der Waals surface area contributed by atoms with E-state index in [-0.39, 0.29) is 12.5 Å². The molecule has 0 spiro atoms. The van der Waals surface area contributed by atoms with E-state index in [4.69, 9.17) is 5.11 Å². The van der Waals surface area contributed by atoms with Crippen molar-refractivity contribution < 1.29 is 9.90 Å². The smallest absolute Gasteiger partial charge is 0.261 e. The fourth-order valence-corrected chi connectivity index (χ4v) is 2.07. The number of nitrogens with one attached hydrogen (secondary N) is 1. The molecule has 0 unspecified atom stereocenters. The van der Waals surface area contributed by atoms with Gasteiger partial charge in [0, 0.05) is 6.54 Å². The summed E-state index contributed by atoms with van der Waals surface area (Å²) in [5, 5.41) is 11.5. The highest BCUT2D eigenvalue weighted by Gasteiger charge is 2.08. The topological polar surface area (TPSA) is 49.3 Å². The second-order valence-electron chi connectivity index (χ2n) is 2.66. The molecular weight excluding hydrogens is 254 g/mol. The molecule has 1 aromatic heterocycles. The van der Waals surface area contributed by atoms with Crippen LogP contribution in [0.25, 0.3) is 0 Å². The predicted molar refractivity (Wildman–Crippen MR) is 56.0 cm³/mol. The fourth-order valence-electron chi connectivity index (χ4n) is 0.764. The summed E-state index contributed by atoms with van der Waals surface area (Å²) in [5.74, 6) is -0.142. The van der Waals surface area contributed by atoms with Crippen molar-refractivity contribution in [2.24, 2.45) is 0 Å². The molecule has 0 fully saturated rings. The summed E-state index contributed by atoms with van der Waals surface area (Å²) in [7, 11) is 0. The van der Waals surface area contributed by atoms with E-state index >= 15 is 0 Å². The van der Waals surface area contributed by atoms with E-state index in [0.29, 0.717) is 4.88 Å². The first-order valence-corrected chi connectivity index (χ1v) is 5.42. The Kier molecular flexibility index (Phi) is 3.90.